The Balaban J connectivity index is 2.27. The van der Waals surface area contributed by atoms with E-state index in [0.717, 1.165) is 19.0 Å². The maximum atomic E-state index is 3.64. The molecule has 0 spiro atoms. The Bertz CT molecular complexity index is 334. The number of hydrogen-bond donors (Lipinski definition) is 1. The zero-order chi connectivity index (χ0) is 10.8. The van der Waals surface area contributed by atoms with E-state index in [2.05, 4.69) is 64.5 Å². The van der Waals surface area contributed by atoms with E-state index >= 15 is 0 Å². The van der Waals surface area contributed by atoms with Crippen LogP contribution in [0.2, 0.25) is 0 Å². The monoisotopic (exact) mass is 268 g/mol. The lowest BCUT2D eigenvalue weighted by atomic mass is 9.88. The standard InChI is InChI=1S/C12H17BrN2/c1-15(2)12(9-7-14-8-9)10-5-3-4-6-11(10)13/h3-6,9,12,14H,7-8H2,1-2H3. The average Bonchev–Trinajstić information content (AvgIpc) is 2.12. The van der Waals surface area contributed by atoms with Crippen molar-refractivity contribution in [1.29, 1.82) is 0 Å². The second-order valence-corrected chi connectivity index (χ2v) is 5.20. The zero-order valence-electron chi connectivity index (χ0n) is 9.20. The Hall–Kier alpha value is -0.380. The Labute approximate surface area is 99.8 Å². The van der Waals surface area contributed by atoms with Crippen molar-refractivity contribution in [3.63, 3.8) is 0 Å². The number of halogens is 1. The third-order valence-corrected chi connectivity index (χ3v) is 3.76. The highest BCUT2D eigenvalue weighted by molar-refractivity contribution is 9.10. The first kappa shape index (κ1) is 11.1. The molecule has 15 heavy (non-hydrogen) atoms. The molecule has 0 radical (unpaired) electrons. The maximum Gasteiger partial charge on any atom is 0.0405 e. The molecule has 1 saturated heterocycles. The lowest BCUT2D eigenvalue weighted by Crippen LogP contribution is -2.48. The van der Waals surface area contributed by atoms with Crippen LogP contribution >= 0.6 is 15.9 Å². The van der Waals surface area contributed by atoms with Crippen molar-refractivity contribution >= 4 is 15.9 Å². The van der Waals surface area contributed by atoms with Crippen LogP contribution in [0.25, 0.3) is 0 Å². The van der Waals surface area contributed by atoms with Crippen LogP contribution in [0.15, 0.2) is 28.7 Å². The van der Waals surface area contributed by atoms with Gasteiger partial charge in [0.05, 0.1) is 0 Å². The van der Waals surface area contributed by atoms with Crippen molar-refractivity contribution in [2.24, 2.45) is 5.92 Å². The van der Waals surface area contributed by atoms with E-state index in [9.17, 15) is 0 Å². The van der Waals surface area contributed by atoms with Gasteiger partial charge in [0, 0.05) is 29.5 Å². The first-order chi connectivity index (χ1) is 7.20. The minimum absolute atomic E-state index is 0.516. The van der Waals surface area contributed by atoms with Crippen molar-refractivity contribution in [3.05, 3.63) is 34.3 Å². The minimum atomic E-state index is 0.516. The first-order valence-corrected chi connectivity index (χ1v) is 6.11. The van der Waals surface area contributed by atoms with Crippen LogP contribution in [0.3, 0.4) is 0 Å². The maximum absolute atomic E-state index is 3.64. The van der Waals surface area contributed by atoms with Crippen molar-refractivity contribution in [1.82, 2.24) is 10.2 Å². The van der Waals surface area contributed by atoms with Gasteiger partial charge in [0.15, 0.2) is 0 Å². The molecule has 1 heterocycles. The van der Waals surface area contributed by atoms with Gasteiger partial charge in [-0.1, -0.05) is 34.1 Å². The van der Waals surface area contributed by atoms with Gasteiger partial charge in [-0.2, -0.15) is 0 Å². The van der Waals surface area contributed by atoms with E-state index in [1.165, 1.54) is 10.0 Å². The second kappa shape index (κ2) is 4.64. The quantitative estimate of drug-likeness (QED) is 0.905. The van der Waals surface area contributed by atoms with E-state index in [-0.39, 0.29) is 0 Å². The molecule has 82 valence electrons. The average molecular weight is 269 g/mol. The van der Waals surface area contributed by atoms with Crippen LogP contribution in [0, 0.1) is 5.92 Å². The zero-order valence-corrected chi connectivity index (χ0v) is 10.8. The summed E-state index contributed by atoms with van der Waals surface area (Å²) in [7, 11) is 4.31. The Morgan fingerprint density at radius 2 is 2.00 bits per heavy atom. The lowest BCUT2D eigenvalue weighted by Gasteiger charge is -2.39. The number of rotatable bonds is 3. The van der Waals surface area contributed by atoms with Gasteiger partial charge in [-0.25, -0.2) is 0 Å². The molecule has 1 aliphatic rings. The SMILES string of the molecule is CN(C)C(c1ccccc1Br)C1CNC1. The molecule has 1 aromatic carbocycles. The molecule has 0 bridgehead atoms. The highest BCUT2D eigenvalue weighted by Crippen LogP contribution is 2.33. The first-order valence-electron chi connectivity index (χ1n) is 5.31. The second-order valence-electron chi connectivity index (χ2n) is 4.35. The van der Waals surface area contributed by atoms with E-state index in [4.69, 9.17) is 0 Å². The topological polar surface area (TPSA) is 15.3 Å². The van der Waals surface area contributed by atoms with Crippen LogP contribution < -0.4 is 5.32 Å². The van der Waals surface area contributed by atoms with Crippen LogP contribution in [0.1, 0.15) is 11.6 Å². The van der Waals surface area contributed by atoms with E-state index < -0.39 is 0 Å². The van der Waals surface area contributed by atoms with Crippen LogP contribution in [-0.4, -0.2) is 32.1 Å². The van der Waals surface area contributed by atoms with Crippen LogP contribution in [0.5, 0.6) is 0 Å². The van der Waals surface area contributed by atoms with Gasteiger partial charge in [0.1, 0.15) is 0 Å². The fraction of sp³-hybridized carbons (Fsp3) is 0.500. The van der Waals surface area contributed by atoms with E-state index in [1.54, 1.807) is 0 Å². The lowest BCUT2D eigenvalue weighted by molar-refractivity contribution is 0.160. The molecule has 1 aromatic rings. The van der Waals surface area contributed by atoms with E-state index in [1.807, 2.05) is 0 Å². The summed E-state index contributed by atoms with van der Waals surface area (Å²) in [6.07, 6.45) is 0. The summed E-state index contributed by atoms with van der Waals surface area (Å²) in [5.41, 5.74) is 1.40. The molecule has 2 nitrogen and oxygen atoms in total. The number of nitrogens with zero attached hydrogens (tertiary/aromatic N) is 1. The molecule has 1 aliphatic heterocycles. The third-order valence-electron chi connectivity index (χ3n) is 3.04. The van der Waals surface area contributed by atoms with Crippen molar-refractivity contribution in [2.45, 2.75) is 6.04 Å². The summed E-state index contributed by atoms with van der Waals surface area (Å²) in [6, 6.07) is 9.04. The normalized spacial score (nSPS) is 18.9. The highest BCUT2D eigenvalue weighted by Gasteiger charge is 2.30. The number of nitrogens with one attached hydrogen (secondary N) is 1. The third kappa shape index (κ3) is 2.25. The molecule has 0 amide bonds. The van der Waals surface area contributed by atoms with Gasteiger partial charge in [-0.3, -0.25) is 0 Å². The van der Waals surface area contributed by atoms with Gasteiger partial charge in [-0.15, -0.1) is 0 Å². The Morgan fingerprint density at radius 3 is 2.47 bits per heavy atom. The Kier molecular flexibility index (Phi) is 3.44. The summed E-state index contributed by atoms with van der Waals surface area (Å²) in [5.74, 6) is 0.735. The van der Waals surface area contributed by atoms with Gasteiger partial charge < -0.3 is 10.2 Å². The van der Waals surface area contributed by atoms with E-state index in [0.29, 0.717) is 6.04 Å². The molecule has 1 atom stereocenters. The highest BCUT2D eigenvalue weighted by atomic mass is 79.9. The molecule has 1 N–H and O–H groups in total. The van der Waals surface area contributed by atoms with Crippen molar-refractivity contribution in [3.8, 4) is 0 Å². The molecule has 2 rings (SSSR count). The minimum Gasteiger partial charge on any atom is -0.316 e. The number of benzene rings is 1. The molecular formula is C12H17BrN2. The summed E-state index contributed by atoms with van der Waals surface area (Å²) >= 11 is 3.64. The molecule has 3 heteroatoms. The van der Waals surface area contributed by atoms with Gasteiger partial charge in [0.25, 0.3) is 0 Å². The molecule has 0 aromatic heterocycles. The Morgan fingerprint density at radius 1 is 1.33 bits per heavy atom. The fourth-order valence-corrected chi connectivity index (χ4v) is 2.72. The molecular weight excluding hydrogens is 252 g/mol. The van der Waals surface area contributed by atoms with Gasteiger partial charge >= 0.3 is 0 Å². The summed E-state index contributed by atoms with van der Waals surface area (Å²) in [5, 5.41) is 3.34. The molecule has 1 unspecified atom stereocenters. The smallest absolute Gasteiger partial charge is 0.0405 e. The van der Waals surface area contributed by atoms with Crippen molar-refractivity contribution < 1.29 is 0 Å². The fourth-order valence-electron chi connectivity index (χ4n) is 2.20. The summed E-state index contributed by atoms with van der Waals surface area (Å²) < 4.78 is 1.22. The number of hydrogen-bond acceptors (Lipinski definition) is 2. The van der Waals surface area contributed by atoms with Crippen LogP contribution in [0.4, 0.5) is 0 Å². The molecule has 1 fully saturated rings. The summed E-state index contributed by atoms with van der Waals surface area (Å²) in [6.45, 7) is 2.26. The molecule has 0 saturated carbocycles. The van der Waals surface area contributed by atoms with Gasteiger partial charge in [-0.05, 0) is 25.7 Å². The van der Waals surface area contributed by atoms with Gasteiger partial charge in [0.2, 0.25) is 0 Å². The predicted octanol–water partition coefficient (Wildman–Crippen LogP) is 2.27. The van der Waals surface area contributed by atoms with Crippen LogP contribution in [-0.2, 0) is 0 Å². The largest absolute Gasteiger partial charge is 0.316 e. The summed E-state index contributed by atoms with van der Waals surface area (Å²) in [4.78, 5) is 2.31. The predicted molar refractivity (Wildman–Crippen MR) is 66.9 cm³/mol. The van der Waals surface area contributed by atoms with Crippen molar-refractivity contribution in [2.75, 3.05) is 27.2 Å². The molecule has 0 aliphatic carbocycles.